The fraction of sp³-hybridized carbons (Fsp3) is 0.273. The molecule has 1 aliphatic rings. The molecular weight excluding hydrogens is 438 g/mol. The number of amides is 1. The van der Waals surface area contributed by atoms with Crippen molar-refractivity contribution in [3.8, 4) is 10.6 Å². The number of carbonyl (C=O) groups is 1. The largest absolute Gasteiger partial charge is 0.459 e. The summed E-state index contributed by atoms with van der Waals surface area (Å²) < 4.78 is 6.44. The van der Waals surface area contributed by atoms with E-state index in [0.29, 0.717) is 11.8 Å². The molecule has 0 spiro atoms. The summed E-state index contributed by atoms with van der Waals surface area (Å²) in [7, 11) is 0. The summed E-state index contributed by atoms with van der Waals surface area (Å²) in [4.78, 5) is 21.4. The van der Waals surface area contributed by atoms with Crippen LogP contribution in [0.3, 0.4) is 0 Å². The minimum absolute atomic E-state index is 0. The smallest absolute Gasteiger partial charge is 0.291 e. The van der Waals surface area contributed by atoms with Gasteiger partial charge < -0.3 is 9.73 Å². The van der Waals surface area contributed by atoms with Gasteiger partial charge in [0, 0.05) is 29.6 Å². The number of halogens is 1. The van der Waals surface area contributed by atoms with E-state index in [-0.39, 0.29) is 18.3 Å². The highest BCUT2D eigenvalue weighted by atomic mass is 35.5. The summed E-state index contributed by atoms with van der Waals surface area (Å²) in [6.45, 7) is 6.39. The molecule has 1 amide bonds. The van der Waals surface area contributed by atoms with Crippen LogP contribution in [0.2, 0.25) is 0 Å². The summed E-state index contributed by atoms with van der Waals surface area (Å²) >= 11 is 3.35. The first-order chi connectivity index (χ1) is 14.1. The molecule has 8 heteroatoms. The lowest BCUT2D eigenvalue weighted by Crippen LogP contribution is -2.35. The first-order valence-corrected chi connectivity index (χ1v) is 11.3. The van der Waals surface area contributed by atoms with Crippen LogP contribution in [0.15, 0.2) is 47.1 Å². The second kappa shape index (κ2) is 8.51. The summed E-state index contributed by atoms with van der Waals surface area (Å²) in [6.07, 6.45) is 2.48. The van der Waals surface area contributed by atoms with Crippen molar-refractivity contribution in [1.29, 1.82) is 0 Å². The summed E-state index contributed by atoms with van der Waals surface area (Å²) in [6, 6.07) is 12.1. The topological polar surface area (TPSA) is 58.4 Å². The molecule has 5 nitrogen and oxygen atoms in total. The number of anilines is 1. The first-order valence-electron chi connectivity index (χ1n) is 9.69. The second-order valence-corrected chi connectivity index (χ2v) is 9.58. The van der Waals surface area contributed by atoms with E-state index in [1.807, 2.05) is 18.2 Å². The maximum absolute atomic E-state index is 12.7. The highest BCUT2D eigenvalue weighted by Crippen LogP contribution is 2.46. The fourth-order valence-corrected chi connectivity index (χ4v) is 6.11. The number of fused-ring (bicyclic) bond motifs is 2. The van der Waals surface area contributed by atoms with Crippen LogP contribution in [0.4, 0.5) is 5.00 Å². The molecule has 1 aromatic carbocycles. The van der Waals surface area contributed by atoms with Crippen LogP contribution in [0.1, 0.15) is 34.8 Å². The number of rotatable bonds is 4. The third-order valence-electron chi connectivity index (χ3n) is 5.30. The molecular formula is C22H22ClN3O2S2. The number of thiophene rings is 1. The van der Waals surface area contributed by atoms with Crippen LogP contribution in [-0.4, -0.2) is 28.4 Å². The lowest BCUT2D eigenvalue weighted by atomic mass is 10.0. The van der Waals surface area contributed by atoms with Crippen LogP contribution in [0, 0.1) is 0 Å². The van der Waals surface area contributed by atoms with Gasteiger partial charge in [-0.25, -0.2) is 4.98 Å². The molecule has 0 saturated carbocycles. The van der Waals surface area contributed by atoms with Gasteiger partial charge in [-0.1, -0.05) is 12.1 Å². The first kappa shape index (κ1) is 21.1. The Balaban J connectivity index is 0.00000218. The molecule has 0 saturated heterocycles. The van der Waals surface area contributed by atoms with Crippen LogP contribution in [0.5, 0.6) is 0 Å². The number of carbonyl (C=O) groups excluding carboxylic acids is 1. The average molecular weight is 460 g/mol. The van der Waals surface area contributed by atoms with Crippen molar-refractivity contribution in [3.63, 3.8) is 0 Å². The van der Waals surface area contributed by atoms with E-state index in [2.05, 4.69) is 30.1 Å². The number of hydrogen-bond acceptors (Lipinski definition) is 6. The van der Waals surface area contributed by atoms with Gasteiger partial charge in [-0.15, -0.1) is 35.1 Å². The molecule has 1 N–H and O–H groups in total. The molecule has 0 atom stereocenters. The molecule has 1 aliphatic heterocycles. The van der Waals surface area contributed by atoms with Gasteiger partial charge in [0.1, 0.15) is 10.0 Å². The quantitative estimate of drug-likeness (QED) is 0.403. The zero-order valence-corrected chi connectivity index (χ0v) is 19.1. The second-order valence-electron chi connectivity index (χ2n) is 7.44. The van der Waals surface area contributed by atoms with Crippen LogP contribution < -0.4 is 5.32 Å². The van der Waals surface area contributed by atoms with Gasteiger partial charge in [0.25, 0.3) is 5.91 Å². The highest BCUT2D eigenvalue weighted by molar-refractivity contribution is 7.22. The number of benzene rings is 1. The van der Waals surface area contributed by atoms with E-state index in [4.69, 9.17) is 9.40 Å². The van der Waals surface area contributed by atoms with Crippen molar-refractivity contribution in [3.05, 3.63) is 58.9 Å². The Morgan fingerprint density at radius 1 is 1.20 bits per heavy atom. The Labute approximate surface area is 189 Å². The van der Waals surface area contributed by atoms with Gasteiger partial charge in [-0.3, -0.25) is 9.69 Å². The SMILES string of the molecule is CC(C)N1CCc2c(sc(NC(=O)c3ccco3)c2-c2nc3ccccc3s2)C1.Cl. The highest BCUT2D eigenvalue weighted by Gasteiger charge is 2.28. The average Bonchev–Trinajstić information content (AvgIpc) is 3.44. The van der Waals surface area contributed by atoms with Crippen molar-refractivity contribution in [2.75, 3.05) is 11.9 Å². The standard InChI is InChI=1S/C22H21N3O2S2.ClH/c1-13(2)25-10-9-14-18(12-25)29-22(24-20(26)16-7-5-11-27-16)19(14)21-23-15-6-3-4-8-17(15)28-21;/h3-8,11,13H,9-10,12H2,1-2H3,(H,24,26);1H. The van der Waals surface area contributed by atoms with Gasteiger partial charge in [-0.2, -0.15) is 0 Å². The van der Waals surface area contributed by atoms with Crippen LogP contribution in [-0.2, 0) is 13.0 Å². The molecule has 0 unspecified atom stereocenters. The Morgan fingerprint density at radius 3 is 2.77 bits per heavy atom. The molecule has 0 aliphatic carbocycles. The van der Waals surface area contributed by atoms with E-state index in [0.717, 1.165) is 45.3 Å². The number of nitrogens with zero attached hydrogens (tertiary/aromatic N) is 2. The minimum atomic E-state index is -0.225. The lowest BCUT2D eigenvalue weighted by Gasteiger charge is -2.30. The van der Waals surface area contributed by atoms with E-state index >= 15 is 0 Å². The molecule has 0 radical (unpaired) electrons. The maximum atomic E-state index is 12.7. The molecule has 30 heavy (non-hydrogen) atoms. The summed E-state index contributed by atoms with van der Waals surface area (Å²) in [5.41, 5.74) is 3.39. The third-order valence-corrected chi connectivity index (χ3v) is 7.48. The predicted molar refractivity (Wildman–Crippen MR) is 126 cm³/mol. The Kier molecular flexibility index (Phi) is 5.97. The van der Waals surface area contributed by atoms with E-state index in [9.17, 15) is 4.79 Å². The lowest BCUT2D eigenvalue weighted by molar-refractivity contribution is 0.0997. The van der Waals surface area contributed by atoms with Gasteiger partial charge in [-0.05, 0) is 50.1 Å². The van der Waals surface area contributed by atoms with Crippen LogP contribution >= 0.6 is 35.1 Å². The molecule has 5 rings (SSSR count). The van der Waals surface area contributed by atoms with E-state index in [1.165, 1.54) is 16.7 Å². The molecule has 4 aromatic rings. The number of aromatic nitrogens is 1. The number of hydrogen-bond donors (Lipinski definition) is 1. The molecule has 4 heterocycles. The maximum Gasteiger partial charge on any atom is 0.291 e. The number of thiazole rings is 1. The van der Waals surface area contributed by atoms with Gasteiger partial charge in [0.05, 0.1) is 16.5 Å². The Bertz CT molecular complexity index is 1150. The zero-order chi connectivity index (χ0) is 20.0. The monoisotopic (exact) mass is 459 g/mol. The van der Waals surface area contributed by atoms with Crippen molar-refractivity contribution in [2.24, 2.45) is 0 Å². The van der Waals surface area contributed by atoms with Crippen molar-refractivity contribution in [2.45, 2.75) is 32.9 Å². The van der Waals surface area contributed by atoms with Gasteiger partial charge >= 0.3 is 0 Å². The number of furan rings is 1. The fourth-order valence-electron chi connectivity index (χ4n) is 3.73. The molecule has 0 bridgehead atoms. The zero-order valence-electron chi connectivity index (χ0n) is 16.7. The summed E-state index contributed by atoms with van der Waals surface area (Å²) in [5.74, 6) is 0.0899. The predicted octanol–water partition coefficient (Wildman–Crippen LogP) is 6.06. The van der Waals surface area contributed by atoms with Crippen LogP contribution in [0.25, 0.3) is 20.8 Å². The molecule has 156 valence electrons. The molecule has 0 fully saturated rings. The van der Waals surface area contributed by atoms with Crippen molar-refractivity contribution < 1.29 is 9.21 Å². The summed E-state index contributed by atoms with van der Waals surface area (Å²) in [5, 5.41) is 4.92. The number of nitrogens with one attached hydrogen (secondary N) is 1. The normalized spacial score (nSPS) is 14.0. The van der Waals surface area contributed by atoms with E-state index in [1.54, 1.807) is 34.8 Å². The number of para-hydroxylation sites is 1. The van der Waals surface area contributed by atoms with Crippen molar-refractivity contribution in [1.82, 2.24) is 9.88 Å². The third kappa shape index (κ3) is 3.78. The van der Waals surface area contributed by atoms with Crippen molar-refractivity contribution >= 4 is 56.2 Å². The Morgan fingerprint density at radius 2 is 2.03 bits per heavy atom. The molecule has 3 aromatic heterocycles. The van der Waals surface area contributed by atoms with Gasteiger partial charge in [0.2, 0.25) is 0 Å². The van der Waals surface area contributed by atoms with Gasteiger partial charge in [0.15, 0.2) is 5.76 Å². The Hall–Kier alpha value is -2.19. The minimum Gasteiger partial charge on any atom is -0.459 e. The van der Waals surface area contributed by atoms with E-state index < -0.39 is 0 Å².